The molecule has 0 saturated heterocycles. The molecule has 0 radical (unpaired) electrons. The Kier molecular flexibility index (Phi) is 3.52. The number of aromatic nitrogens is 1. The molecule has 1 atom stereocenters. The van der Waals surface area contributed by atoms with Gasteiger partial charge in [0.1, 0.15) is 0 Å². The second-order valence-electron chi connectivity index (χ2n) is 4.36. The largest absolute Gasteiger partial charge is 0.408 e. The summed E-state index contributed by atoms with van der Waals surface area (Å²) >= 11 is 0. The minimum Gasteiger partial charge on any atom is -0.367 e. The van der Waals surface area contributed by atoms with Gasteiger partial charge >= 0.3 is 6.18 Å². The molecule has 0 spiro atoms. The van der Waals surface area contributed by atoms with Gasteiger partial charge in [-0.15, -0.1) is 0 Å². The predicted molar refractivity (Wildman–Crippen MR) is 65.9 cm³/mol. The molecule has 7 heteroatoms. The number of benzene rings is 1. The lowest BCUT2D eigenvalue weighted by atomic mass is 9.74. The first-order valence-electron chi connectivity index (χ1n) is 5.75. The Morgan fingerprint density at radius 2 is 1.75 bits per heavy atom. The molecular formula is C13H11F3N2O2. The van der Waals surface area contributed by atoms with Gasteiger partial charge in [0.05, 0.1) is 0 Å². The Morgan fingerprint density at radius 3 is 2.20 bits per heavy atom. The Bertz CT molecular complexity index is 581. The molecule has 1 N–H and O–H groups in total. The normalized spacial score (nSPS) is 14.8. The zero-order chi connectivity index (χ0) is 14.8. The van der Waals surface area contributed by atoms with Crippen LogP contribution in [0.3, 0.4) is 0 Å². The number of alkyl halides is 3. The summed E-state index contributed by atoms with van der Waals surface area (Å²) in [7, 11) is 0. The summed E-state index contributed by atoms with van der Waals surface area (Å²) in [4.78, 5) is 12.4. The molecule has 0 fully saturated rings. The molecule has 2 aromatic rings. The van der Waals surface area contributed by atoms with Gasteiger partial charge < -0.3 is 4.98 Å². The fraction of sp³-hybridized carbons (Fsp3) is 0.231. The van der Waals surface area contributed by atoms with Gasteiger partial charge in [0.25, 0.3) is 0 Å². The van der Waals surface area contributed by atoms with Crippen molar-refractivity contribution in [3.63, 3.8) is 0 Å². The topological polar surface area (TPSA) is 58.9 Å². The lowest BCUT2D eigenvalue weighted by molar-refractivity contribution is -0.498. The quantitative estimate of drug-likeness (QED) is 0.692. The average molecular weight is 284 g/mol. The van der Waals surface area contributed by atoms with Crippen LogP contribution in [0.5, 0.6) is 0 Å². The minimum atomic E-state index is -4.79. The second kappa shape index (κ2) is 4.99. The Labute approximate surface area is 112 Å². The third-order valence-corrected chi connectivity index (χ3v) is 3.21. The Hall–Kier alpha value is -2.31. The number of nitro groups is 1. The van der Waals surface area contributed by atoms with Crippen molar-refractivity contribution in [1.29, 1.82) is 0 Å². The first kappa shape index (κ1) is 14.1. The predicted octanol–water partition coefficient (Wildman–Crippen LogP) is 3.14. The monoisotopic (exact) mass is 284 g/mol. The van der Waals surface area contributed by atoms with Crippen LogP contribution in [-0.2, 0) is 5.41 Å². The van der Waals surface area contributed by atoms with E-state index >= 15 is 0 Å². The molecule has 106 valence electrons. The van der Waals surface area contributed by atoms with Gasteiger partial charge in [-0.1, -0.05) is 30.3 Å². The first-order chi connectivity index (χ1) is 9.38. The van der Waals surface area contributed by atoms with Crippen LogP contribution in [0.25, 0.3) is 0 Å². The molecule has 0 bridgehead atoms. The maximum atomic E-state index is 13.7. The van der Waals surface area contributed by atoms with Gasteiger partial charge in [0.2, 0.25) is 6.54 Å². The molecule has 0 unspecified atom stereocenters. The highest BCUT2D eigenvalue weighted by Gasteiger charge is 2.61. The standard InChI is InChI=1S/C13H11F3N2O2/c14-13(15,16)12(9-18(19)20,11-6-7-17-8-11)10-4-2-1-3-5-10/h1-8,17H,9H2/t12-/m0/s1. The van der Waals surface area contributed by atoms with Crippen molar-refractivity contribution >= 4 is 0 Å². The van der Waals surface area contributed by atoms with Crippen LogP contribution in [-0.4, -0.2) is 22.6 Å². The van der Waals surface area contributed by atoms with E-state index in [-0.39, 0.29) is 11.1 Å². The molecule has 0 aliphatic carbocycles. The van der Waals surface area contributed by atoms with Crippen LogP contribution in [0.15, 0.2) is 48.8 Å². The maximum Gasteiger partial charge on any atom is 0.408 e. The Balaban J connectivity index is 2.72. The Morgan fingerprint density at radius 1 is 1.10 bits per heavy atom. The molecule has 4 nitrogen and oxygen atoms in total. The van der Waals surface area contributed by atoms with E-state index in [0.717, 1.165) is 6.20 Å². The number of hydrogen-bond donors (Lipinski definition) is 1. The van der Waals surface area contributed by atoms with E-state index in [4.69, 9.17) is 0 Å². The second-order valence-corrected chi connectivity index (χ2v) is 4.36. The summed E-state index contributed by atoms with van der Waals surface area (Å²) < 4.78 is 41.0. The van der Waals surface area contributed by atoms with Crippen LogP contribution in [0.2, 0.25) is 0 Å². The fourth-order valence-corrected chi connectivity index (χ4v) is 2.27. The van der Waals surface area contributed by atoms with Crippen molar-refractivity contribution in [3.8, 4) is 0 Å². The number of aromatic amines is 1. The van der Waals surface area contributed by atoms with E-state index in [2.05, 4.69) is 4.98 Å². The van der Waals surface area contributed by atoms with Crippen molar-refractivity contribution < 1.29 is 18.1 Å². The molecule has 2 rings (SSSR count). The smallest absolute Gasteiger partial charge is 0.367 e. The van der Waals surface area contributed by atoms with E-state index < -0.39 is 23.1 Å². The summed E-state index contributed by atoms with van der Waals surface area (Å²) in [6.07, 6.45) is -2.33. The van der Waals surface area contributed by atoms with Crippen molar-refractivity contribution in [3.05, 3.63) is 70.0 Å². The number of nitrogens with one attached hydrogen (secondary N) is 1. The SMILES string of the molecule is O=[N+]([O-])C[C@](c1ccccc1)(c1cc[nH]c1)C(F)(F)F. The number of halogens is 3. The molecule has 1 heterocycles. The fourth-order valence-electron chi connectivity index (χ4n) is 2.27. The van der Waals surface area contributed by atoms with E-state index in [9.17, 15) is 23.3 Å². The van der Waals surface area contributed by atoms with Crippen molar-refractivity contribution in [2.75, 3.05) is 6.54 Å². The van der Waals surface area contributed by atoms with Crippen molar-refractivity contribution in [2.45, 2.75) is 11.6 Å². The van der Waals surface area contributed by atoms with Gasteiger partial charge in [0.15, 0.2) is 5.41 Å². The summed E-state index contributed by atoms with van der Waals surface area (Å²) in [5.74, 6) is 0. The van der Waals surface area contributed by atoms with Crippen LogP contribution in [0.1, 0.15) is 11.1 Å². The molecule has 20 heavy (non-hydrogen) atoms. The molecular weight excluding hydrogens is 273 g/mol. The summed E-state index contributed by atoms with van der Waals surface area (Å²) in [5.41, 5.74) is -2.98. The van der Waals surface area contributed by atoms with Gasteiger partial charge in [-0.25, -0.2) is 0 Å². The molecule has 0 aliphatic rings. The van der Waals surface area contributed by atoms with Gasteiger partial charge in [-0.05, 0) is 17.2 Å². The highest BCUT2D eigenvalue weighted by Crippen LogP contribution is 2.46. The molecule has 0 aliphatic heterocycles. The minimum absolute atomic E-state index is 0.149. The highest BCUT2D eigenvalue weighted by molar-refractivity contribution is 5.40. The van der Waals surface area contributed by atoms with Crippen LogP contribution < -0.4 is 0 Å². The van der Waals surface area contributed by atoms with Crippen LogP contribution >= 0.6 is 0 Å². The third kappa shape index (κ3) is 2.26. The van der Waals surface area contributed by atoms with E-state index in [1.807, 2.05) is 0 Å². The maximum absolute atomic E-state index is 13.7. The number of hydrogen-bond acceptors (Lipinski definition) is 2. The first-order valence-corrected chi connectivity index (χ1v) is 5.75. The lowest BCUT2D eigenvalue weighted by Crippen LogP contribution is -2.48. The number of rotatable bonds is 4. The van der Waals surface area contributed by atoms with E-state index in [1.165, 1.54) is 36.5 Å². The lowest BCUT2D eigenvalue weighted by Gasteiger charge is -2.32. The van der Waals surface area contributed by atoms with Gasteiger partial charge in [-0.2, -0.15) is 13.2 Å². The van der Waals surface area contributed by atoms with Crippen LogP contribution in [0, 0.1) is 10.1 Å². The van der Waals surface area contributed by atoms with Gasteiger partial charge in [0, 0.05) is 17.3 Å². The molecule has 1 aromatic carbocycles. The summed E-state index contributed by atoms with van der Waals surface area (Å²) in [6, 6.07) is 8.15. The number of H-pyrrole nitrogens is 1. The third-order valence-electron chi connectivity index (χ3n) is 3.21. The zero-order valence-electron chi connectivity index (χ0n) is 10.2. The summed E-state index contributed by atoms with van der Waals surface area (Å²) in [6.45, 7) is -1.25. The zero-order valence-corrected chi connectivity index (χ0v) is 10.2. The van der Waals surface area contributed by atoms with E-state index in [0.29, 0.717) is 0 Å². The average Bonchev–Trinajstić information content (AvgIpc) is 2.89. The molecule has 0 amide bonds. The molecule has 1 aromatic heterocycles. The van der Waals surface area contributed by atoms with Crippen molar-refractivity contribution in [2.24, 2.45) is 0 Å². The highest BCUT2D eigenvalue weighted by atomic mass is 19.4. The van der Waals surface area contributed by atoms with E-state index in [1.54, 1.807) is 6.07 Å². The van der Waals surface area contributed by atoms with Crippen LogP contribution in [0.4, 0.5) is 13.2 Å². The summed E-state index contributed by atoms with van der Waals surface area (Å²) in [5, 5.41) is 10.8. The van der Waals surface area contributed by atoms with Crippen molar-refractivity contribution in [1.82, 2.24) is 4.98 Å². The number of nitrogens with zero attached hydrogens (tertiary/aromatic N) is 1. The molecule has 0 saturated carbocycles. The van der Waals surface area contributed by atoms with Gasteiger partial charge in [-0.3, -0.25) is 10.1 Å².